The fraction of sp³-hybridized carbons (Fsp3) is 0.316. The number of alkyl halides is 3. The average Bonchev–Trinajstić information content (AvgIpc) is 3.38. The number of benzene rings is 2. The van der Waals surface area contributed by atoms with E-state index in [1.54, 1.807) is 50.4 Å². The van der Waals surface area contributed by atoms with Crippen molar-refractivity contribution in [2.75, 3.05) is 7.05 Å². The first-order valence-corrected chi connectivity index (χ1v) is 7.95. The molecule has 0 heterocycles. The van der Waals surface area contributed by atoms with E-state index in [1.165, 1.54) is 6.07 Å². The summed E-state index contributed by atoms with van der Waals surface area (Å²) in [6.45, 7) is 1.73. The Bertz CT molecular complexity index is 793. The van der Waals surface area contributed by atoms with Crippen LogP contribution in [-0.4, -0.2) is 19.1 Å². The lowest BCUT2D eigenvalue weighted by molar-refractivity contribution is -0.160. The lowest BCUT2D eigenvalue weighted by atomic mass is 9.93. The van der Waals surface area contributed by atoms with Crippen molar-refractivity contribution >= 4 is 5.91 Å². The molecule has 0 unspecified atom stereocenters. The number of ether oxygens (including phenoxy) is 1. The van der Waals surface area contributed by atoms with Crippen LogP contribution in [-0.2, 0) is 5.41 Å². The zero-order valence-electron chi connectivity index (χ0n) is 13.9. The van der Waals surface area contributed by atoms with Crippen molar-refractivity contribution in [3.63, 3.8) is 0 Å². The minimum atomic E-state index is -4.22. The van der Waals surface area contributed by atoms with Crippen LogP contribution in [0.25, 0.3) is 0 Å². The molecule has 1 saturated carbocycles. The summed E-state index contributed by atoms with van der Waals surface area (Å²) < 4.78 is 45.4. The Kier molecular flexibility index (Phi) is 4.22. The molecule has 1 N–H and O–H groups in total. The maximum absolute atomic E-state index is 13.2. The number of halogens is 3. The Labute approximate surface area is 143 Å². The fourth-order valence-corrected chi connectivity index (χ4v) is 2.87. The molecule has 3 nitrogen and oxygen atoms in total. The van der Waals surface area contributed by atoms with E-state index in [0.29, 0.717) is 28.2 Å². The second kappa shape index (κ2) is 6.10. The quantitative estimate of drug-likeness (QED) is 0.866. The summed E-state index contributed by atoms with van der Waals surface area (Å²) in [5.74, 6) is 0.809. The lowest BCUT2D eigenvalue weighted by Gasteiger charge is -2.21. The molecule has 0 saturated heterocycles. The highest BCUT2D eigenvalue weighted by Gasteiger charge is 2.64. The molecule has 0 atom stereocenters. The van der Waals surface area contributed by atoms with Crippen molar-refractivity contribution in [1.82, 2.24) is 5.32 Å². The van der Waals surface area contributed by atoms with Gasteiger partial charge in [-0.3, -0.25) is 4.79 Å². The van der Waals surface area contributed by atoms with E-state index in [4.69, 9.17) is 4.74 Å². The number of aryl methyl sites for hydroxylation is 1. The molecule has 1 amide bonds. The van der Waals surface area contributed by atoms with Crippen molar-refractivity contribution in [3.05, 3.63) is 59.2 Å². The van der Waals surface area contributed by atoms with Crippen LogP contribution in [0.1, 0.15) is 34.3 Å². The molecular formula is C19H18F3NO2. The number of carbonyl (C=O) groups excluding carboxylic acids is 1. The van der Waals surface area contributed by atoms with Crippen molar-refractivity contribution in [2.24, 2.45) is 0 Å². The molecule has 6 heteroatoms. The molecule has 0 aliphatic heterocycles. The third-order valence-corrected chi connectivity index (χ3v) is 4.59. The maximum atomic E-state index is 13.2. The number of rotatable bonds is 4. The zero-order valence-corrected chi connectivity index (χ0v) is 13.9. The maximum Gasteiger partial charge on any atom is 0.398 e. The number of carbonyl (C=O) groups is 1. The zero-order chi connectivity index (χ0) is 18.2. The highest BCUT2D eigenvalue weighted by Crippen LogP contribution is 2.59. The smallest absolute Gasteiger partial charge is 0.398 e. The number of amides is 1. The summed E-state index contributed by atoms with van der Waals surface area (Å²) in [5, 5.41) is 2.53. The van der Waals surface area contributed by atoms with Gasteiger partial charge in [-0.2, -0.15) is 13.2 Å². The minimum absolute atomic E-state index is 0.136. The largest absolute Gasteiger partial charge is 0.457 e. The monoisotopic (exact) mass is 349 g/mol. The second-order valence-electron chi connectivity index (χ2n) is 6.27. The third kappa shape index (κ3) is 3.21. The predicted molar refractivity (Wildman–Crippen MR) is 88.1 cm³/mol. The fourth-order valence-electron chi connectivity index (χ4n) is 2.87. The molecule has 132 valence electrons. The van der Waals surface area contributed by atoms with E-state index >= 15 is 0 Å². The molecule has 3 rings (SSSR count). The van der Waals surface area contributed by atoms with Crippen molar-refractivity contribution in [2.45, 2.75) is 31.4 Å². The third-order valence-electron chi connectivity index (χ3n) is 4.59. The number of nitrogens with one attached hydrogen (secondary N) is 1. The Morgan fingerprint density at radius 1 is 1.12 bits per heavy atom. The van der Waals surface area contributed by atoms with Crippen molar-refractivity contribution in [1.29, 1.82) is 0 Å². The first kappa shape index (κ1) is 17.3. The van der Waals surface area contributed by atoms with Crippen LogP contribution in [0, 0.1) is 6.92 Å². The molecule has 25 heavy (non-hydrogen) atoms. The summed E-state index contributed by atoms with van der Waals surface area (Å²) >= 11 is 0. The van der Waals surface area contributed by atoms with Crippen LogP contribution >= 0.6 is 0 Å². The summed E-state index contributed by atoms with van der Waals surface area (Å²) in [6, 6.07) is 11.2. The Balaban J connectivity index is 1.79. The Morgan fingerprint density at radius 2 is 1.76 bits per heavy atom. The van der Waals surface area contributed by atoms with Gasteiger partial charge in [0.25, 0.3) is 5.91 Å². The van der Waals surface area contributed by atoms with E-state index in [0.717, 1.165) is 0 Å². The summed E-state index contributed by atoms with van der Waals surface area (Å²) in [6.07, 6.45) is -3.95. The van der Waals surface area contributed by atoms with Gasteiger partial charge in [-0.1, -0.05) is 12.1 Å². The molecule has 2 aromatic rings. The van der Waals surface area contributed by atoms with Gasteiger partial charge in [0.05, 0.1) is 5.41 Å². The van der Waals surface area contributed by atoms with Crippen LogP contribution in [0.5, 0.6) is 11.5 Å². The minimum Gasteiger partial charge on any atom is -0.457 e. The molecule has 1 fully saturated rings. The lowest BCUT2D eigenvalue weighted by Crippen LogP contribution is -2.28. The van der Waals surface area contributed by atoms with Gasteiger partial charge in [0, 0.05) is 12.6 Å². The van der Waals surface area contributed by atoms with Gasteiger partial charge in [-0.15, -0.1) is 0 Å². The second-order valence-corrected chi connectivity index (χ2v) is 6.27. The molecule has 0 radical (unpaired) electrons. The molecule has 1 aliphatic carbocycles. The van der Waals surface area contributed by atoms with Gasteiger partial charge in [-0.05, 0) is 61.2 Å². The standard InChI is InChI=1S/C19H18F3NO2/c1-12-11-14(18(9-10-18)19(20,21)22)5-8-16(12)25-15-6-3-13(4-7-15)17(24)23-2/h3-8,11H,9-10H2,1-2H3,(H,23,24). The van der Waals surface area contributed by atoms with Crippen LogP contribution in [0.3, 0.4) is 0 Å². The molecule has 0 spiro atoms. The van der Waals surface area contributed by atoms with Gasteiger partial charge < -0.3 is 10.1 Å². The summed E-state index contributed by atoms with van der Waals surface area (Å²) in [7, 11) is 1.55. The highest BCUT2D eigenvalue weighted by atomic mass is 19.4. The number of hydrogen-bond donors (Lipinski definition) is 1. The van der Waals surface area contributed by atoms with Crippen LogP contribution in [0.4, 0.5) is 13.2 Å². The predicted octanol–water partition coefficient (Wildman–Crippen LogP) is 4.74. The topological polar surface area (TPSA) is 38.3 Å². The first-order chi connectivity index (χ1) is 11.8. The number of hydrogen-bond acceptors (Lipinski definition) is 2. The van der Waals surface area contributed by atoms with Gasteiger partial charge in [-0.25, -0.2) is 0 Å². The van der Waals surface area contributed by atoms with Crippen molar-refractivity contribution < 1.29 is 22.7 Å². The van der Waals surface area contributed by atoms with E-state index in [-0.39, 0.29) is 18.7 Å². The summed E-state index contributed by atoms with van der Waals surface area (Å²) in [5.41, 5.74) is -0.253. The van der Waals surface area contributed by atoms with Crippen LogP contribution < -0.4 is 10.1 Å². The molecule has 2 aromatic carbocycles. The average molecular weight is 349 g/mol. The molecule has 1 aliphatic rings. The van der Waals surface area contributed by atoms with E-state index in [1.807, 2.05) is 0 Å². The molecule has 0 aromatic heterocycles. The van der Waals surface area contributed by atoms with Gasteiger partial charge >= 0.3 is 6.18 Å². The van der Waals surface area contributed by atoms with Gasteiger partial charge in [0.15, 0.2) is 0 Å². The van der Waals surface area contributed by atoms with E-state index in [9.17, 15) is 18.0 Å². The van der Waals surface area contributed by atoms with Gasteiger partial charge in [0.2, 0.25) is 0 Å². The van der Waals surface area contributed by atoms with E-state index < -0.39 is 11.6 Å². The normalized spacial score (nSPS) is 15.6. The van der Waals surface area contributed by atoms with Crippen LogP contribution in [0.15, 0.2) is 42.5 Å². The van der Waals surface area contributed by atoms with E-state index in [2.05, 4.69) is 5.32 Å². The Hall–Kier alpha value is -2.50. The SMILES string of the molecule is CNC(=O)c1ccc(Oc2ccc(C3(C(F)(F)F)CC3)cc2C)cc1. The molecular weight excluding hydrogens is 331 g/mol. The Morgan fingerprint density at radius 3 is 2.24 bits per heavy atom. The summed E-state index contributed by atoms with van der Waals surface area (Å²) in [4.78, 5) is 11.5. The highest BCUT2D eigenvalue weighted by molar-refractivity contribution is 5.94. The molecule has 0 bridgehead atoms. The first-order valence-electron chi connectivity index (χ1n) is 7.95. The van der Waals surface area contributed by atoms with Gasteiger partial charge in [0.1, 0.15) is 11.5 Å². The van der Waals surface area contributed by atoms with Crippen LogP contribution in [0.2, 0.25) is 0 Å². The van der Waals surface area contributed by atoms with Crippen molar-refractivity contribution in [3.8, 4) is 11.5 Å².